The van der Waals surface area contributed by atoms with Gasteiger partial charge in [0, 0.05) is 23.8 Å². The van der Waals surface area contributed by atoms with E-state index in [2.05, 4.69) is 16.4 Å². The SMILES string of the molecule is Clc1cccc(-c2cnc(CNC3CC3)s2)c1. The van der Waals surface area contributed by atoms with E-state index in [1.54, 1.807) is 11.3 Å². The van der Waals surface area contributed by atoms with E-state index < -0.39 is 0 Å². The normalized spacial score (nSPS) is 15.1. The van der Waals surface area contributed by atoms with E-state index >= 15 is 0 Å². The molecule has 1 aromatic heterocycles. The highest BCUT2D eigenvalue weighted by Crippen LogP contribution is 2.28. The monoisotopic (exact) mass is 264 g/mol. The zero-order chi connectivity index (χ0) is 11.7. The zero-order valence-electron chi connectivity index (χ0n) is 9.32. The third-order valence-corrected chi connectivity index (χ3v) is 4.06. The molecule has 2 aromatic rings. The van der Waals surface area contributed by atoms with Crippen LogP contribution >= 0.6 is 22.9 Å². The number of nitrogens with one attached hydrogen (secondary N) is 1. The maximum absolute atomic E-state index is 5.98. The summed E-state index contributed by atoms with van der Waals surface area (Å²) in [5.74, 6) is 0. The van der Waals surface area contributed by atoms with Crippen LogP contribution in [0.3, 0.4) is 0 Å². The third kappa shape index (κ3) is 2.86. The molecule has 0 unspecified atom stereocenters. The van der Waals surface area contributed by atoms with Gasteiger partial charge in [0.25, 0.3) is 0 Å². The van der Waals surface area contributed by atoms with Crippen molar-refractivity contribution in [3.8, 4) is 10.4 Å². The van der Waals surface area contributed by atoms with Gasteiger partial charge < -0.3 is 5.32 Å². The Morgan fingerprint density at radius 3 is 3.06 bits per heavy atom. The summed E-state index contributed by atoms with van der Waals surface area (Å²) in [5, 5.41) is 5.39. The minimum Gasteiger partial charge on any atom is -0.308 e. The van der Waals surface area contributed by atoms with Gasteiger partial charge in [0.05, 0.1) is 4.88 Å². The van der Waals surface area contributed by atoms with Gasteiger partial charge in [-0.25, -0.2) is 4.98 Å². The molecule has 1 aromatic carbocycles. The van der Waals surface area contributed by atoms with Gasteiger partial charge in [-0.1, -0.05) is 23.7 Å². The summed E-state index contributed by atoms with van der Waals surface area (Å²) in [5.41, 5.74) is 1.15. The van der Waals surface area contributed by atoms with Crippen LogP contribution in [0.5, 0.6) is 0 Å². The van der Waals surface area contributed by atoms with Crippen LogP contribution in [0.15, 0.2) is 30.5 Å². The second-order valence-electron chi connectivity index (χ2n) is 4.28. The van der Waals surface area contributed by atoms with Crippen molar-refractivity contribution in [2.45, 2.75) is 25.4 Å². The van der Waals surface area contributed by atoms with Crippen molar-refractivity contribution in [3.63, 3.8) is 0 Å². The molecular weight excluding hydrogens is 252 g/mol. The highest BCUT2D eigenvalue weighted by Gasteiger charge is 2.20. The molecule has 88 valence electrons. The first-order valence-corrected chi connectivity index (χ1v) is 6.95. The molecule has 1 saturated carbocycles. The molecule has 0 spiro atoms. The Kier molecular flexibility index (Phi) is 3.14. The number of nitrogens with zero attached hydrogens (tertiary/aromatic N) is 1. The molecule has 0 saturated heterocycles. The molecule has 1 heterocycles. The molecule has 2 nitrogen and oxygen atoms in total. The summed E-state index contributed by atoms with van der Waals surface area (Å²) < 4.78 is 0. The summed E-state index contributed by atoms with van der Waals surface area (Å²) >= 11 is 7.72. The van der Waals surface area contributed by atoms with Gasteiger partial charge >= 0.3 is 0 Å². The fraction of sp³-hybridized carbons (Fsp3) is 0.308. The smallest absolute Gasteiger partial charge is 0.107 e. The molecule has 1 aliphatic carbocycles. The lowest BCUT2D eigenvalue weighted by molar-refractivity contribution is 0.684. The van der Waals surface area contributed by atoms with Crippen LogP contribution in [0.1, 0.15) is 17.8 Å². The second kappa shape index (κ2) is 4.77. The standard InChI is InChI=1S/C13H13ClN2S/c14-10-3-1-2-9(6-10)12-7-16-13(17-12)8-15-11-4-5-11/h1-3,6-7,11,15H,4-5,8H2. The molecule has 0 amide bonds. The molecule has 4 heteroatoms. The quantitative estimate of drug-likeness (QED) is 0.911. The van der Waals surface area contributed by atoms with Crippen LogP contribution in [-0.4, -0.2) is 11.0 Å². The molecule has 0 atom stereocenters. The lowest BCUT2D eigenvalue weighted by Crippen LogP contribution is -2.14. The van der Waals surface area contributed by atoms with Crippen LogP contribution in [0.25, 0.3) is 10.4 Å². The first kappa shape index (κ1) is 11.2. The Bertz CT molecular complexity index is 520. The number of benzene rings is 1. The predicted molar refractivity (Wildman–Crippen MR) is 72.4 cm³/mol. The van der Waals surface area contributed by atoms with Crippen LogP contribution < -0.4 is 5.32 Å². The van der Waals surface area contributed by atoms with Crippen LogP contribution in [-0.2, 0) is 6.54 Å². The topological polar surface area (TPSA) is 24.9 Å². The predicted octanol–water partition coefficient (Wildman–Crippen LogP) is 3.72. The molecule has 0 radical (unpaired) electrons. The van der Waals surface area contributed by atoms with E-state index in [-0.39, 0.29) is 0 Å². The Hall–Kier alpha value is -0.900. The molecule has 1 fully saturated rings. The number of aromatic nitrogens is 1. The van der Waals surface area contributed by atoms with Gasteiger partial charge in [0.1, 0.15) is 5.01 Å². The van der Waals surface area contributed by atoms with E-state index in [1.807, 2.05) is 24.4 Å². The molecule has 1 aliphatic rings. The summed E-state index contributed by atoms with van der Waals surface area (Å²) in [7, 11) is 0. The maximum Gasteiger partial charge on any atom is 0.107 e. The minimum atomic E-state index is 0.730. The second-order valence-corrected chi connectivity index (χ2v) is 5.84. The molecule has 0 aliphatic heterocycles. The Balaban J connectivity index is 1.74. The van der Waals surface area contributed by atoms with Gasteiger partial charge in [-0.2, -0.15) is 0 Å². The van der Waals surface area contributed by atoms with Crippen molar-refractivity contribution in [2.75, 3.05) is 0 Å². The summed E-state index contributed by atoms with van der Waals surface area (Å²) in [6.45, 7) is 0.885. The molecule has 17 heavy (non-hydrogen) atoms. The molecule has 3 rings (SSSR count). The van der Waals surface area contributed by atoms with Crippen molar-refractivity contribution >= 4 is 22.9 Å². The van der Waals surface area contributed by atoms with E-state index in [0.29, 0.717) is 0 Å². The summed E-state index contributed by atoms with van der Waals surface area (Å²) in [4.78, 5) is 5.62. The maximum atomic E-state index is 5.98. The van der Waals surface area contributed by atoms with Crippen LogP contribution in [0.4, 0.5) is 0 Å². The van der Waals surface area contributed by atoms with Crippen LogP contribution in [0, 0.1) is 0 Å². The number of halogens is 1. The van der Waals surface area contributed by atoms with Gasteiger partial charge in [-0.05, 0) is 30.5 Å². The number of hydrogen-bond donors (Lipinski definition) is 1. The first-order valence-electron chi connectivity index (χ1n) is 5.75. The Morgan fingerprint density at radius 1 is 1.41 bits per heavy atom. The lowest BCUT2D eigenvalue weighted by Gasteiger charge is -1.98. The van der Waals surface area contributed by atoms with Gasteiger partial charge in [0.15, 0.2) is 0 Å². The average molecular weight is 265 g/mol. The van der Waals surface area contributed by atoms with E-state index in [9.17, 15) is 0 Å². The van der Waals surface area contributed by atoms with Crippen molar-refractivity contribution in [3.05, 3.63) is 40.5 Å². The fourth-order valence-electron chi connectivity index (χ4n) is 1.69. The van der Waals surface area contributed by atoms with Crippen molar-refractivity contribution in [1.82, 2.24) is 10.3 Å². The van der Waals surface area contributed by atoms with Crippen molar-refractivity contribution in [1.29, 1.82) is 0 Å². The minimum absolute atomic E-state index is 0.730. The molecule has 0 bridgehead atoms. The van der Waals surface area contributed by atoms with Gasteiger partial charge in [-0.3, -0.25) is 0 Å². The summed E-state index contributed by atoms with van der Waals surface area (Å²) in [6, 6.07) is 8.64. The first-order chi connectivity index (χ1) is 8.31. The highest BCUT2D eigenvalue weighted by atomic mass is 35.5. The molecular formula is C13H13ClN2S. The van der Waals surface area contributed by atoms with Gasteiger partial charge in [-0.15, -0.1) is 11.3 Å². The zero-order valence-corrected chi connectivity index (χ0v) is 10.9. The third-order valence-electron chi connectivity index (χ3n) is 2.78. The van der Waals surface area contributed by atoms with E-state index in [1.165, 1.54) is 17.7 Å². The largest absolute Gasteiger partial charge is 0.308 e. The Labute approximate surface area is 110 Å². The number of hydrogen-bond acceptors (Lipinski definition) is 3. The Morgan fingerprint density at radius 2 is 2.29 bits per heavy atom. The number of rotatable bonds is 4. The number of thiazole rings is 1. The summed E-state index contributed by atoms with van der Waals surface area (Å²) in [6.07, 6.45) is 4.55. The highest BCUT2D eigenvalue weighted by molar-refractivity contribution is 7.15. The van der Waals surface area contributed by atoms with Crippen molar-refractivity contribution < 1.29 is 0 Å². The van der Waals surface area contributed by atoms with Gasteiger partial charge in [0.2, 0.25) is 0 Å². The van der Waals surface area contributed by atoms with E-state index in [4.69, 9.17) is 11.6 Å². The molecule has 1 N–H and O–H groups in total. The fourth-order valence-corrected chi connectivity index (χ4v) is 2.74. The van der Waals surface area contributed by atoms with Crippen LogP contribution in [0.2, 0.25) is 5.02 Å². The van der Waals surface area contributed by atoms with Crippen molar-refractivity contribution in [2.24, 2.45) is 0 Å². The van der Waals surface area contributed by atoms with E-state index in [0.717, 1.165) is 28.2 Å². The average Bonchev–Trinajstić information content (AvgIpc) is 3.04. The lowest BCUT2D eigenvalue weighted by atomic mass is 10.2.